The van der Waals surface area contributed by atoms with Gasteiger partial charge >= 0.3 is 6.03 Å². The third-order valence-corrected chi connectivity index (χ3v) is 4.57. The lowest BCUT2D eigenvalue weighted by Gasteiger charge is -2.34. The number of hydrogen-bond acceptors (Lipinski definition) is 6. The summed E-state index contributed by atoms with van der Waals surface area (Å²) in [6.07, 6.45) is 3.91. The highest BCUT2D eigenvalue weighted by atomic mass is 32.2. The first-order valence-electron chi connectivity index (χ1n) is 8.41. The quantitative estimate of drug-likeness (QED) is 0.610. The van der Waals surface area contributed by atoms with Gasteiger partial charge < -0.3 is 20.7 Å². The zero-order chi connectivity index (χ0) is 18.2. The van der Waals surface area contributed by atoms with Crippen LogP contribution in [0.25, 0.3) is 0 Å². The Hall–Kier alpha value is -1.81. The largest absolute Gasteiger partial charge is 0.366 e. The van der Waals surface area contributed by atoms with Gasteiger partial charge in [-0.05, 0) is 24.9 Å². The lowest BCUT2D eigenvalue weighted by atomic mass is 10.1. The van der Waals surface area contributed by atoms with Crippen molar-refractivity contribution in [3.63, 3.8) is 0 Å². The van der Waals surface area contributed by atoms with Gasteiger partial charge in [-0.25, -0.2) is 9.78 Å². The van der Waals surface area contributed by atoms with Gasteiger partial charge in [-0.15, -0.1) is 0 Å². The van der Waals surface area contributed by atoms with Crippen LogP contribution >= 0.6 is 11.8 Å². The van der Waals surface area contributed by atoms with Crippen LogP contribution < -0.4 is 11.1 Å². The van der Waals surface area contributed by atoms with E-state index >= 15 is 0 Å². The van der Waals surface area contributed by atoms with Gasteiger partial charge in [0.2, 0.25) is 5.91 Å². The highest BCUT2D eigenvalue weighted by Gasteiger charge is 2.32. The molecule has 0 aliphatic carbocycles. The van der Waals surface area contributed by atoms with Gasteiger partial charge in [-0.3, -0.25) is 9.89 Å². The number of carbonyl (C=O) groups excluding carboxylic acids is 2. The number of nitrogens with one attached hydrogen (secondary N) is 2. The summed E-state index contributed by atoms with van der Waals surface area (Å²) in [6.45, 7) is 3.30. The van der Waals surface area contributed by atoms with Gasteiger partial charge in [0.1, 0.15) is 18.0 Å². The van der Waals surface area contributed by atoms with Crippen molar-refractivity contribution < 1.29 is 14.3 Å². The number of hydrogen-bond donors (Lipinski definition) is 3. The summed E-state index contributed by atoms with van der Waals surface area (Å²) in [6, 6.07) is -1.31. The third-order valence-electron chi connectivity index (χ3n) is 3.93. The number of primary amides is 1. The van der Waals surface area contributed by atoms with E-state index < -0.39 is 12.1 Å². The van der Waals surface area contributed by atoms with Crippen LogP contribution in [0.2, 0.25) is 0 Å². The molecule has 2 rings (SSSR count). The second-order valence-corrected chi connectivity index (χ2v) is 6.86. The van der Waals surface area contributed by atoms with Crippen molar-refractivity contribution in [2.75, 3.05) is 31.7 Å². The highest BCUT2D eigenvalue weighted by Crippen LogP contribution is 2.20. The molecule has 2 atom stereocenters. The van der Waals surface area contributed by atoms with Gasteiger partial charge in [0.15, 0.2) is 5.82 Å². The number of thioether (sulfide) groups is 1. The Bertz CT molecular complexity index is 581. The number of morpholine rings is 1. The molecule has 2 heterocycles. The fourth-order valence-electron chi connectivity index (χ4n) is 2.69. The average molecular weight is 370 g/mol. The number of carbonyl (C=O) groups is 2. The van der Waals surface area contributed by atoms with Crippen LogP contribution in [0.3, 0.4) is 0 Å². The van der Waals surface area contributed by atoms with E-state index in [-0.39, 0.29) is 12.0 Å². The monoisotopic (exact) mass is 370 g/mol. The maximum Gasteiger partial charge on any atom is 0.312 e. The molecule has 0 radical (unpaired) electrons. The average Bonchev–Trinajstić information content (AvgIpc) is 3.07. The normalized spacial score (nSPS) is 18.8. The number of aromatic amines is 1. The minimum atomic E-state index is -0.692. The molecule has 4 N–H and O–H groups in total. The fourth-order valence-corrected chi connectivity index (χ4v) is 3.16. The first kappa shape index (κ1) is 19.5. The maximum absolute atomic E-state index is 12.8. The van der Waals surface area contributed by atoms with Crippen molar-refractivity contribution in [1.29, 1.82) is 0 Å². The maximum atomic E-state index is 12.8. The van der Waals surface area contributed by atoms with Crippen LogP contribution in [-0.4, -0.2) is 69.8 Å². The van der Waals surface area contributed by atoms with E-state index in [2.05, 4.69) is 27.4 Å². The minimum absolute atomic E-state index is 0.148. The van der Waals surface area contributed by atoms with Gasteiger partial charge in [-0.2, -0.15) is 16.9 Å². The van der Waals surface area contributed by atoms with Crippen molar-refractivity contribution in [3.8, 4) is 0 Å². The number of aromatic nitrogens is 3. The van der Waals surface area contributed by atoms with Crippen molar-refractivity contribution in [2.45, 2.75) is 38.3 Å². The molecule has 1 aromatic heterocycles. The van der Waals surface area contributed by atoms with Crippen molar-refractivity contribution in [1.82, 2.24) is 25.4 Å². The van der Waals surface area contributed by atoms with Crippen molar-refractivity contribution >= 4 is 23.7 Å². The Balaban J connectivity index is 2.01. The number of H-pyrrole nitrogens is 1. The molecule has 0 spiro atoms. The number of aryl methyl sites for hydroxylation is 1. The third kappa shape index (κ3) is 5.60. The standard InChI is InChI=1S/C15H26N6O3S/c1-3-4-12-18-13(20-19-12)11-9-21(6-7-24-11)14(22)10(5-8-25-2)17-15(16)23/h10-11H,3-9H2,1-2H3,(H3,16,17,23)(H,18,19,20)/t10-,11?/m0/s1. The molecule has 1 unspecified atom stereocenters. The molecular formula is C15H26N6O3S. The lowest BCUT2D eigenvalue weighted by Crippen LogP contribution is -2.53. The molecule has 25 heavy (non-hydrogen) atoms. The second kappa shape index (κ2) is 9.62. The Labute approximate surface area is 151 Å². The molecule has 140 valence electrons. The fraction of sp³-hybridized carbons (Fsp3) is 0.733. The molecule has 1 aliphatic heterocycles. The van der Waals surface area contributed by atoms with Gasteiger partial charge in [0, 0.05) is 13.0 Å². The van der Waals surface area contributed by atoms with E-state index in [0.717, 1.165) is 24.4 Å². The number of ether oxygens (including phenoxy) is 1. The number of amides is 3. The number of rotatable bonds is 8. The van der Waals surface area contributed by atoms with E-state index in [1.54, 1.807) is 16.7 Å². The van der Waals surface area contributed by atoms with E-state index in [9.17, 15) is 9.59 Å². The van der Waals surface area contributed by atoms with Crippen LogP contribution in [0.4, 0.5) is 4.79 Å². The first-order valence-corrected chi connectivity index (χ1v) is 9.81. The number of nitrogens with zero attached hydrogens (tertiary/aromatic N) is 3. The minimum Gasteiger partial charge on any atom is -0.366 e. The van der Waals surface area contributed by atoms with Gasteiger partial charge in [0.05, 0.1) is 13.2 Å². The molecular weight excluding hydrogens is 344 g/mol. The Morgan fingerprint density at radius 1 is 1.56 bits per heavy atom. The predicted octanol–water partition coefficient (Wildman–Crippen LogP) is 0.447. The van der Waals surface area contributed by atoms with Crippen molar-refractivity contribution in [3.05, 3.63) is 11.6 Å². The van der Waals surface area contributed by atoms with Crippen LogP contribution in [0, 0.1) is 0 Å². The van der Waals surface area contributed by atoms with E-state index in [4.69, 9.17) is 10.5 Å². The number of nitrogens with two attached hydrogens (primary N) is 1. The molecule has 0 aromatic carbocycles. The Morgan fingerprint density at radius 2 is 2.36 bits per heavy atom. The Kier molecular flexibility index (Phi) is 7.51. The SMILES string of the molecule is CCCc1nc(C2CN(C(=O)[C@H](CCSC)NC(N)=O)CCO2)n[nH]1. The molecule has 3 amide bonds. The summed E-state index contributed by atoms with van der Waals surface area (Å²) in [7, 11) is 0. The summed E-state index contributed by atoms with van der Waals surface area (Å²) in [5.41, 5.74) is 5.21. The molecule has 1 fully saturated rings. The molecule has 9 nitrogen and oxygen atoms in total. The summed E-state index contributed by atoms with van der Waals surface area (Å²) in [4.78, 5) is 30.1. The van der Waals surface area contributed by atoms with Crippen molar-refractivity contribution in [2.24, 2.45) is 5.73 Å². The highest BCUT2D eigenvalue weighted by molar-refractivity contribution is 7.98. The zero-order valence-corrected chi connectivity index (χ0v) is 15.5. The van der Waals surface area contributed by atoms with Gasteiger partial charge in [-0.1, -0.05) is 6.92 Å². The summed E-state index contributed by atoms with van der Waals surface area (Å²) < 4.78 is 5.72. The molecule has 1 aliphatic rings. The van der Waals surface area contributed by atoms with Crippen LogP contribution in [0.15, 0.2) is 0 Å². The molecule has 0 saturated carbocycles. The zero-order valence-electron chi connectivity index (χ0n) is 14.7. The Morgan fingerprint density at radius 3 is 3.04 bits per heavy atom. The summed E-state index contributed by atoms with van der Waals surface area (Å²) in [5.74, 6) is 1.99. The van der Waals surface area contributed by atoms with E-state index in [0.29, 0.717) is 31.9 Å². The van der Waals surface area contributed by atoms with Gasteiger partial charge in [0.25, 0.3) is 0 Å². The summed E-state index contributed by atoms with van der Waals surface area (Å²) in [5, 5.41) is 9.65. The van der Waals surface area contributed by atoms with Crippen LogP contribution in [0.5, 0.6) is 0 Å². The lowest BCUT2D eigenvalue weighted by molar-refractivity contribution is -0.141. The molecule has 1 saturated heterocycles. The topological polar surface area (TPSA) is 126 Å². The van der Waals surface area contributed by atoms with Crippen LogP contribution in [0.1, 0.15) is 37.5 Å². The predicted molar refractivity (Wildman–Crippen MR) is 95.2 cm³/mol. The first-order chi connectivity index (χ1) is 12.0. The van der Waals surface area contributed by atoms with Crippen LogP contribution in [-0.2, 0) is 16.0 Å². The molecule has 0 bridgehead atoms. The molecule has 10 heteroatoms. The second-order valence-electron chi connectivity index (χ2n) is 5.88. The summed E-state index contributed by atoms with van der Waals surface area (Å²) >= 11 is 1.61. The van der Waals surface area contributed by atoms with E-state index in [1.165, 1.54) is 0 Å². The smallest absolute Gasteiger partial charge is 0.312 e. The molecule has 1 aromatic rings. The number of urea groups is 1. The van der Waals surface area contributed by atoms with E-state index in [1.807, 2.05) is 6.26 Å².